The maximum atomic E-state index is 5.62. The topological polar surface area (TPSA) is 60.0 Å². The van der Waals surface area contributed by atoms with Crippen molar-refractivity contribution in [2.45, 2.75) is 26.3 Å². The Labute approximate surface area is 83.9 Å². The van der Waals surface area contributed by atoms with Gasteiger partial charge in [0.15, 0.2) is 5.82 Å². The first kappa shape index (κ1) is 9.45. The van der Waals surface area contributed by atoms with Crippen LogP contribution in [0.5, 0.6) is 0 Å². The molecule has 0 amide bonds. The first-order chi connectivity index (χ1) is 6.77. The maximum Gasteiger partial charge on any atom is 0.168 e. The SMILES string of the molecule is Cc1c(N)nnn1CCN1CCCC1. The molecule has 0 unspecified atom stereocenters. The molecule has 78 valence electrons. The molecule has 1 fully saturated rings. The van der Waals surface area contributed by atoms with Crippen molar-refractivity contribution >= 4 is 5.82 Å². The lowest BCUT2D eigenvalue weighted by Crippen LogP contribution is -2.24. The summed E-state index contributed by atoms with van der Waals surface area (Å²) >= 11 is 0. The molecule has 1 saturated heterocycles. The minimum atomic E-state index is 0.548. The van der Waals surface area contributed by atoms with Gasteiger partial charge in [-0.25, -0.2) is 4.68 Å². The highest BCUT2D eigenvalue weighted by Gasteiger charge is 2.12. The van der Waals surface area contributed by atoms with Gasteiger partial charge in [0.25, 0.3) is 0 Å². The molecule has 0 aliphatic carbocycles. The Balaban J connectivity index is 1.88. The first-order valence-electron chi connectivity index (χ1n) is 5.15. The quantitative estimate of drug-likeness (QED) is 0.751. The van der Waals surface area contributed by atoms with Crippen molar-refractivity contribution in [1.82, 2.24) is 19.9 Å². The lowest BCUT2D eigenvalue weighted by atomic mass is 10.4. The van der Waals surface area contributed by atoms with E-state index in [1.807, 2.05) is 11.6 Å². The van der Waals surface area contributed by atoms with Gasteiger partial charge >= 0.3 is 0 Å². The van der Waals surface area contributed by atoms with Crippen molar-refractivity contribution < 1.29 is 0 Å². The fraction of sp³-hybridized carbons (Fsp3) is 0.778. The number of hydrogen-bond donors (Lipinski definition) is 1. The molecule has 2 rings (SSSR count). The lowest BCUT2D eigenvalue weighted by molar-refractivity contribution is 0.312. The average Bonchev–Trinajstić information content (AvgIpc) is 2.77. The number of nitrogens with two attached hydrogens (primary N) is 1. The van der Waals surface area contributed by atoms with E-state index in [4.69, 9.17) is 5.73 Å². The third-order valence-electron chi connectivity index (χ3n) is 2.84. The smallest absolute Gasteiger partial charge is 0.168 e. The van der Waals surface area contributed by atoms with Crippen molar-refractivity contribution in [2.24, 2.45) is 0 Å². The second-order valence-electron chi connectivity index (χ2n) is 3.83. The predicted molar refractivity (Wildman–Crippen MR) is 54.8 cm³/mol. The van der Waals surface area contributed by atoms with Crippen LogP contribution >= 0.6 is 0 Å². The van der Waals surface area contributed by atoms with Crippen LogP contribution in [-0.2, 0) is 6.54 Å². The Bertz CT molecular complexity index is 300. The number of nitrogens with zero attached hydrogens (tertiary/aromatic N) is 4. The van der Waals surface area contributed by atoms with Crippen LogP contribution in [0.1, 0.15) is 18.5 Å². The van der Waals surface area contributed by atoms with E-state index in [0.717, 1.165) is 18.8 Å². The van der Waals surface area contributed by atoms with Gasteiger partial charge in [0, 0.05) is 6.54 Å². The Kier molecular flexibility index (Phi) is 2.67. The van der Waals surface area contributed by atoms with Crippen molar-refractivity contribution in [3.8, 4) is 0 Å². The van der Waals surface area contributed by atoms with E-state index in [1.165, 1.54) is 25.9 Å². The Morgan fingerprint density at radius 2 is 2.00 bits per heavy atom. The average molecular weight is 195 g/mol. The minimum absolute atomic E-state index is 0.548. The molecule has 0 saturated carbocycles. The second kappa shape index (κ2) is 3.96. The third kappa shape index (κ3) is 1.87. The number of rotatable bonds is 3. The Morgan fingerprint density at radius 1 is 1.29 bits per heavy atom. The van der Waals surface area contributed by atoms with Gasteiger partial charge in [0.05, 0.1) is 12.2 Å². The minimum Gasteiger partial charge on any atom is -0.381 e. The number of aromatic nitrogens is 3. The van der Waals surface area contributed by atoms with Crippen LogP contribution in [0, 0.1) is 6.92 Å². The summed E-state index contributed by atoms with van der Waals surface area (Å²) in [5, 5.41) is 7.82. The normalized spacial score (nSPS) is 17.8. The molecule has 1 aliphatic heterocycles. The molecule has 14 heavy (non-hydrogen) atoms. The molecule has 0 aromatic carbocycles. The highest BCUT2D eigenvalue weighted by atomic mass is 15.4. The number of hydrogen-bond acceptors (Lipinski definition) is 4. The third-order valence-corrected chi connectivity index (χ3v) is 2.84. The summed E-state index contributed by atoms with van der Waals surface area (Å²) in [6, 6.07) is 0. The van der Waals surface area contributed by atoms with Gasteiger partial charge in [-0.2, -0.15) is 0 Å². The molecule has 1 aliphatic rings. The van der Waals surface area contributed by atoms with Gasteiger partial charge in [-0.05, 0) is 32.9 Å². The van der Waals surface area contributed by atoms with Crippen LogP contribution in [-0.4, -0.2) is 39.5 Å². The summed E-state index contributed by atoms with van der Waals surface area (Å²) < 4.78 is 1.88. The van der Waals surface area contributed by atoms with E-state index in [2.05, 4.69) is 15.2 Å². The number of anilines is 1. The van der Waals surface area contributed by atoms with E-state index >= 15 is 0 Å². The summed E-state index contributed by atoms with van der Waals surface area (Å²) in [4.78, 5) is 2.46. The molecule has 1 aromatic heterocycles. The summed E-state index contributed by atoms with van der Waals surface area (Å²) in [5.74, 6) is 0.548. The van der Waals surface area contributed by atoms with Gasteiger partial charge in [0.2, 0.25) is 0 Å². The van der Waals surface area contributed by atoms with Gasteiger partial charge < -0.3 is 10.6 Å². The van der Waals surface area contributed by atoms with E-state index < -0.39 is 0 Å². The van der Waals surface area contributed by atoms with Crippen LogP contribution < -0.4 is 5.73 Å². The molecule has 0 radical (unpaired) electrons. The second-order valence-corrected chi connectivity index (χ2v) is 3.83. The summed E-state index contributed by atoms with van der Waals surface area (Å²) in [6.45, 7) is 6.37. The van der Waals surface area contributed by atoms with Crippen LogP contribution in [0.25, 0.3) is 0 Å². The molecule has 5 heteroatoms. The van der Waals surface area contributed by atoms with Crippen molar-refractivity contribution in [3.05, 3.63) is 5.69 Å². The Morgan fingerprint density at radius 3 is 2.57 bits per heavy atom. The zero-order chi connectivity index (χ0) is 9.97. The van der Waals surface area contributed by atoms with Crippen molar-refractivity contribution in [2.75, 3.05) is 25.4 Å². The van der Waals surface area contributed by atoms with Crippen molar-refractivity contribution in [3.63, 3.8) is 0 Å². The van der Waals surface area contributed by atoms with Crippen LogP contribution in [0.4, 0.5) is 5.82 Å². The predicted octanol–water partition coefficient (Wildman–Crippen LogP) is 0.265. The molecule has 1 aromatic rings. The maximum absolute atomic E-state index is 5.62. The Hall–Kier alpha value is -1.10. The van der Waals surface area contributed by atoms with Gasteiger partial charge in [-0.1, -0.05) is 5.21 Å². The molecular weight excluding hydrogens is 178 g/mol. The fourth-order valence-corrected chi connectivity index (χ4v) is 1.83. The van der Waals surface area contributed by atoms with Crippen LogP contribution in [0.15, 0.2) is 0 Å². The largest absolute Gasteiger partial charge is 0.381 e. The summed E-state index contributed by atoms with van der Waals surface area (Å²) in [5.41, 5.74) is 6.59. The molecule has 0 bridgehead atoms. The van der Waals surface area contributed by atoms with Crippen molar-refractivity contribution in [1.29, 1.82) is 0 Å². The lowest BCUT2D eigenvalue weighted by Gasteiger charge is -2.14. The molecular formula is C9H17N5. The zero-order valence-electron chi connectivity index (χ0n) is 8.61. The fourth-order valence-electron chi connectivity index (χ4n) is 1.83. The molecule has 2 heterocycles. The van der Waals surface area contributed by atoms with E-state index in [1.54, 1.807) is 0 Å². The van der Waals surface area contributed by atoms with Gasteiger partial charge in [-0.15, -0.1) is 5.10 Å². The van der Waals surface area contributed by atoms with E-state index in [0.29, 0.717) is 5.82 Å². The molecule has 2 N–H and O–H groups in total. The van der Waals surface area contributed by atoms with E-state index in [9.17, 15) is 0 Å². The monoisotopic (exact) mass is 195 g/mol. The number of likely N-dealkylation sites (tertiary alicyclic amines) is 1. The molecule has 0 atom stereocenters. The summed E-state index contributed by atoms with van der Waals surface area (Å²) in [6.07, 6.45) is 2.66. The molecule has 5 nitrogen and oxygen atoms in total. The van der Waals surface area contributed by atoms with Gasteiger partial charge in [-0.3, -0.25) is 0 Å². The van der Waals surface area contributed by atoms with Crippen LogP contribution in [0.2, 0.25) is 0 Å². The van der Waals surface area contributed by atoms with Crippen LogP contribution in [0.3, 0.4) is 0 Å². The highest BCUT2D eigenvalue weighted by molar-refractivity contribution is 5.31. The number of nitrogen functional groups attached to an aromatic ring is 1. The zero-order valence-corrected chi connectivity index (χ0v) is 8.61. The summed E-state index contributed by atoms with van der Waals surface area (Å²) in [7, 11) is 0. The van der Waals surface area contributed by atoms with Gasteiger partial charge in [0.1, 0.15) is 0 Å². The standard InChI is InChI=1S/C9H17N5/c1-8-9(10)11-12-14(8)7-6-13-4-2-3-5-13/h2-7,10H2,1H3. The first-order valence-corrected chi connectivity index (χ1v) is 5.15. The highest BCUT2D eigenvalue weighted by Crippen LogP contribution is 2.08. The van der Waals surface area contributed by atoms with E-state index in [-0.39, 0.29) is 0 Å². The molecule has 0 spiro atoms.